The van der Waals surface area contributed by atoms with Gasteiger partial charge in [0.15, 0.2) is 0 Å². The van der Waals surface area contributed by atoms with Crippen molar-refractivity contribution in [3.63, 3.8) is 0 Å². The number of aromatic amines is 2. The highest BCUT2D eigenvalue weighted by atomic mass is 16.6. The Morgan fingerprint density at radius 2 is 1.93 bits per heavy atom. The molecule has 2 heterocycles. The quantitative estimate of drug-likeness (QED) is 0.450. The van der Waals surface area contributed by atoms with Gasteiger partial charge in [0.1, 0.15) is 17.2 Å². The molecule has 10 heteroatoms. The van der Waals surface area contributed by atoms with E-state index >= 15 is 0 Å². The fourth-order valence-corrected chi connectivity index (χ4v) is 2.57. The molecule has 3 aromatic rings. The third kappa shape index (κ3) is 3.65. The lowest BCUT2D eigenvalue weighted by molar-refractivity contribution is -0.386. The van der Waals surface area contributed by atoms with E-state index in [1.165, 1.54) is 24.3 Å². The Labute approximate surface area is 155 Å². The van der Waals surface area contributed by atoms with Crippen molar-refractivity contribution in [3.8, 4) is 11.3 Å². The summed E-state index contributed by atoms with van der Waals surface area (Å²) in [5, 5.41) is 20.2. The van der Waals surface area contributed by atoms with E-state index in [9.17, 15) is 24.5 Å². The van der Waals surface area contributed by atoms with Crippen LogP contribution in [0.3, 0.4) is 0 Å². The number of H-pyrrole nitrogens is 2. The third-order valence-corrected chi connectivity index (χ3v) is 3.92. The van der Waals surface area contributed by atoms with Crippen molar-refractivity contribution in [2.45, 2.75) is 6.92 Å². The number of nitrogens with zero attached hydrogens (tertiary/aromatic N) is 1. The molecule has 142 valence electrons. The number of carboxylic acid groups (broad SMARTS) is 1. The first-order chi connectivity index (χ1) is 13.3. The number of nitro groups is 1. The van der Waals surface area contributed by atoms with Crippen LogP contribution in [0, 0.1) is 17.0 Å². The van der Waals surface area contributed by atoms with E-state index < -0.39 is 27.8 Å². The molecule has 10 nitrogen and oxygen atoms in total. The number of furan rings is 1. The standard InChI is InChI=1S/C18H13N3O7/c1-9-2-3-10(17(23)24)8-12(9)14-7-5-11(28-14)4-6-13-15(21(26)27)16(22)20-18(25)19-13/h2-8H,1H3,(H,23,24)(H2,19,20,22,25). The van der Waals surface area contributed by atoms with Crippen LogP contribution in [0.25, 0.3) is 23.5 Å². The zero-order valence-electron chi connectivity index (χ0n) is 14.4. The van der Waals surface area contributed by atoms with Crippen LogP contribution in [-0.4, -0.2) is 26.0 Å². The molecular weight excluding hydrogens is 370 g/mol. The van der Waals surface area contributed by atoms with Crippen LogP contribution in [0.2, 0.25) is 0 Å². The SMILES string of the molecule is Cc1ccc(C(=O)O)cc1-c1ccc(C=Cc2[nH]c(=O)[nH]c(=O)c2[N+](=O)[O-])o1. The average Bonchev–Trinajstić information content (AvgIpc) is 3.07. The van der Waals surface area contributed by atoms with Gasteiger partial charge in [0.25, 0.3) is 0 Å². The second-order valence-electron chi connectivity index (χ2n) is 5.80. The molecule has 28 heavy (non-hydrogen) atoms. The molecule has 0 amide bonds. The first kappa shape index (κ1) is 18.6. The maximum atomic E-state index is 11.6. The van der Waals surface area contributed by atoms with E-state index in [1.54, 1.807) is 30.1 Å². The van der Waals surface area contributed by atoms with Crippen molar-refractivity contribution in [2.75, 3.05) is 0 Å². The van der Waals surface area contributed by atoms with Gasteiger partial charge < -0.3 is 14.5 Å². The molecule has 3 N–H and O–H groups in total. The molecule has 3 rings (SSSR count). The summed E-state index contributed by atoms with van der Waals surface area (Å²) < 4.78 is 5.64. The number of hydrogen-bond donors (Lipinski definition) is 3. The minimum Gasteiger partial charge on any atom is -0.478 e. The van der Waals surface area contributed by atoms with E-state index in [0.29, 0.717) is 11.3 Å². The Morgan fingerprint density at radius 1 is 1.18 bits per heavy atom. The van der Waals surface area contributed by atoms with Gasteiger partial charge in [-0.05, 0) is 48.9 Å². The number of aromatic nitrogens is 2. The summed E-state index contributed by atoms with van der Waals surface area (Å²) >= 11 is 0. The largest absolute Gasteiger partial charge is 0.478 e. The molecule has 0 saturated heterocycles. The van der Waals surface area contributed by atoms with Gasteiger partial charge in [0.05, 0.1) is 10.5 Å². The Balaban J connectivity index is 1.98. The summed E-state index contributed by atoms with van der Waals surface area (Å²) in [6, 6.07) is 7.79. The molecule has 0 unspecified atom stereocenters. The summed E-state index contributed by atoms with van der Waals surface area (Å²) in [5.41, 5.74) is -1.59. The molecule has 0 saturated carbocycles. The van der Waals surface area contributed by atoms with Crippen molar-refractivity contribution >= 4 is 23.8 Å². The predicted octanol–water partition coefficient (Wildman–Crippen LogP) is 2.41. The summed E-state index contributed by atoms with van der Waals surface area (Å²) in [5.74, 6) is -0.391. The highest BCUT2D eigenvalue weighted by Crippen LogP contribution is 2.27. The molecule has 1 aromatic carbocycles. The van der Waals surface area contributed by atoms with Crippen LogP contribution in [-0.2, 0) is 0 Å². The number of aryl methyl sites for hydroxylation is 1. The highest BCUT2D eigenvalue weighted by molar-refractivity contribution is 5.89. The van der Waals surface area contributed by atoms with Crippen molar-refractivity contribution < 1.29 is 19.2 Å². The van der Waals surface area contributed by atoms with Gasteiger partial charge >= 0.3 is 22.9 Å². The van der Waals surface area contributed by atoms with Gasteiger partial charge in [0.2, 0.25) is 0 Å². The van der Waals surface area contributed by atoms with E-state index in [-0.39, 0.29) is 17.0 Å². The Bertz CT molecular complexity index is 1230. The topological polar surface area (TPSA) is 159 Å². The molecule has 0 bridgehead atoms. The normalized spacial score (nSPS) is 11.0. The summed E-state index contributed by atoms with van der Waals surface area (Å²) in [7, 11) is 0. The Hall–Kier alpha value is -4.21. The number of hydrogen-bond acceptors (Lipinski definition) is 6. The fraction of sp³-hybridized carbons (Fsp3) is 0.0556. The number of nitrogens with one attached hydrogen (secondary N) is 2. The summed E-state index contributed by atoms with van der Waals surface area (Å²) in [6.45, 7) is 1.79. The lowest BCUT2D eigenvalue weighted by Gasteiger charge is -2.04. The number of carbonyl (C=O) groups is 1. The molecule has 0 aliphatic heterocycles. The van der Waals surface area contributed by atoms with Crippen molar-refractivity contribution in [3.05, 3.63) is 83.9 Å². The van der Waals surface area contributed by atoms with Gasteiger partial charge in [0, 0.05) is 5.56 Å². The van der Waals surface area contributed by atoms with E-state index in [4.69, 9.17) is 9.52 Å². The molecular formula is C18H13N3O7. The van der Waals surface area contributed by atoms with Crippen molar-refractivity contribution in [1.29, 1.82) is 0 Å². The minimum atomic E-state index is -1.12. The van der Waals surface area contributed by atoms with Gasteiger partial charge in [-0.3, -0.25) is 19.9 Å². The Kier molecular flexibility index (Phi) is 4.77. The predicted molar refractivity (Wildman–Crippen MR) is 99.1 cm³/mol. The van der Waals surface area contributed by atoms with Crippen molar-refractivity contribution in [2.24, 2.45) is 0 Å². The zero-order valence-corrected chi connectivity index (χ0v) is 14.4. The van der Waals surface area contributed by atoms with Crippen LogP contribution >= 0.6 is 0 Å². The first-order valence-corrected chi connectivity index (χ1v) is 7.89. The zero-order chi connectivity index (χ0) is 20.4. The van der Waals surface area contributed by atoms with Gasteiger partial charge in [-0.1, -0.05) is 6.07 Å². The van der Waals surface area contributed by atoms with Crippen LogP contribution in [0.15, 0.2) is 44.3 Å². The van der Waals surface area contributed by atoms with Gasteiger partial charge in [-0.15, -0.1) is 0 Å². The minimum absolute atomic E-state index is 0.103. The molecule has 0 spiro atoms. The Morgan fingerprint density at radius 3 is 2.61 bits per heavy atom. The monoisotopic (exact) mass is 383 g/mol. The molecule has 0 fully saturated rings. The molecule has 0 aliphatic rings. The number of rotatable bonds is 5. The number of benzene rings is 1. The summed E-state index contributed by atoms with van der Waals surface area (Å²) in [6.07, 6.45) is 2.52. The number of aromatic carboxylic acids is 1. The van der Waals surface area contributed by atoms with E-state index in [2.05, 4.69) is 4.98 Å². The van der Waals surface area contributed by atoms with E-state index in [1.807, 2.05) is 0 Å². The molecule has 2 aromatic heterocycles. The third-order valence-electron chi connectivity index (χ3n) is 3.92. The maximum Gasteiger partial charge on any atom is 0.357 e. The van der Waals surface area contributed by atoms with Crippen LogP contribution in [0.1, 0.15) is 27.4 Å². The first-order valence-electron chi connectivity index (χ1n) is 7.89. The van der Waals surface area contributed by atoms with Gasteiger partial charge in [-0.25, -0.2) is 9.59 Å². The lowest BCUT2D eigenvalue weighted by Crippen LogP contribution is -2.25. The second-order valence-corrected chi connectivity index (χ2v) is 5.80. The fourth-order valence-electron chi connectivity index (χ4n) is 2.57. The van der Waals surface area contributed by atoms with E-state index in [0.717, 1.165) is 5.56 Å². The van der Waals surface area contributed by atoms with Crippen molar-refractivity contribution in [1.82, 2.24) is 9.97 Å². The number of carboxylic acids is 1. The lowest BCUT2D eigenvalue weighted by atomic mass is 10.0. The van der Waals surface area contributed by atoms with Crippen LogP contribution < -0.4 is 11.2 Å². The van der Waals surface area contributed by atoms with Crippen LogP contribution in [0.5, 0.6) is 0 Å². The highest BCUT2D eigenvalue weighted by Gasteiger charge is 2.19. The summed E-state index contributed by atoms with van der Waals surface area (Å²) in [4.78, 5) is 48.2. The van der Waals surface area contributed by atoms with Gasteiger partial charge in [-0.2, -0.15) is 0 Å². The smallest absolute Gasteiger partial charge is 0.357 e. The van der Waals surface area contributed by atoms with Crippen LogP contribution in [0.4, 0.5) is 5.69 Å². The second kappa shape index (κ2) is 7.19. The maximum absolute atomic E-state index is 11.6. The molecule has 0 atom stereocenters. The average molecular weight is 383 g/mol. The molecule has 0 radical (unpaired) electrons. The molecule has 0 aliphatic carbocycles.